The highest BCUT2D eigenvalue weighted by atomic mass is 19.1. The Balaban J connectivity index is 2.58. The van der Waals surface area contributed by atoms with Gasteiger partial charge in [0.25, 0.3) is 0 Å². The maximum atomic E-state index is 13.6. The number of rotatable bonds is 3. The van der Waals surface area contributed by atoms with Crippen molar-refractivity contribution in [3.05, 3.63) is 58.4 Å². The number of aryl methyl sites for hydroxylation is 2. The summed E-state index contributed by atoms with van der Waals surface area (Å²) in [6.07, 6.45) is 0. The number of ether oxygens (including phenoxy) is 1. The van der Waals surface area contributed by atoms with Crippen molar-refractivity contribution in [2.24, 2.45) is 0 Å². The quantitative estimate of drug-likeness (QED) is 0.689. The molecule has 0 unspecified atom stereocenters. The summed E-state index contributed by atoms with van der Waals surface area (Å²) in [5.41, 5.74) is 7.78. The van der Waals surface area contributed by atoms with Crippen LogP contribution in [-0.4, -0.2) is 12.9 Å². The van der Waals surface area contributed by atoms with Crippen molar-refractivity contribution in [2.75, 3.05) is 12.8 Å². The number of ketones is 1. The van der Waals surface area contributed by atoms with Crippen molar-refractivity contribution in [1.29, 1.82) is 0 Å². The number of carbonyl (C=O) groups excluding carboxylic acids is 1. The molecule has 104 valence electrons. The van der Waals surface area contributed by atoms with E-state index in [4.69, 9.17) is 10.5 Å². The van der Waals surface area contributed by atoms with E-state index in [0.29, 0.717) is 33.7 Å². The van der Waals surface area contributed by atoms with E-state index in [0.717, 1.165) is 0 Å². The van der Waals surface area contributed by atoms with Crippen molar-refractivity contribution >= 4 is 11.5 Å². The molecule has 4 heteroatoms. The number of hydrogen-bond acceptors (Lipinski definition) is 3. The molecule has 0 aliphatic heterocycles. The molecule has 2 rings (SSSR count). The zero-order chi connectivity index (χ0) is 14.9. The Kier molecular flexibility index (Phi) is 3.74. The monoisotopic (exact) mass is 273 g/mol. The highest BCUT2D eigenvalue weighted by Gasteiger charge is 2.19. The van der Waals surface area contributed by atoms with Gasteiger partial charge in [-0.2, -0.15) is 0 Å². The first kappa shape index (κ1) is 14.1. The fourth-order valence-electron chi connectivity index (χ4n) is 2.18. The molecule has 0 atom stereocenters. The molecule has 0 bridgehead atoms. The van der Waals surface area contributed by atoms with Crippen molar-refractivity contribution in [2.45, 2.75) is 13.8 Å². The smallest absolute Gasteiger partial charge is 0.198 e. The Bertz CT molecular complexity index is 657. The van der Waals surface area contributed by atoms with Crippen LogP contribution in [0, 0.1) is 19.7 Å². The molecule has 0 saturated heterocycles. The van der Waals surface area contributed by atoms with Crippen LogP contribution in [0.15, 0.2) is 30.3 Å². The molecule has 0 aromatic heterocycles. The van der Waals surface area contributed by atoms with Gasteiger partial charge < -0.3 is 10.5 Å². The van der Waals surface area contributed by atoms with Crippen LogP contribution < -0.4 is 10.5 Å². The van der Waals surface area contributed by atoms with Gasteiger partial charge >= 0.3 is 0 Å². The predicted molar refractivity (Wildman–Crippen MR) is 76.7 cm³/mol. The molecule has 0 aliphatic carbocycles. The lowest BCUT2D eigenvalue weighted by molar-refractivity contribution is 0.103. The van der Waals surface area contributed by atoms with Gasteiger partial charge in [-0.3, -0.25) is 4.79 Å². The Labute approximate surface area is 117 Å². The minimum absolute atomic E-state index is 0.272. The second kappa shape index (κ2) is 5.33. The molecule has 0 amide bonds. The van der Waals surface area contributed by atoms with Gasteiger partial charge in [-0.1, -0.05) is 6.07 Å². The van der Waals surface area contributed by atoms with Gasteiger partial charge in [0, 0.05) is 11.3 Å². The Morgan fingerprint density at radius 2 is 1.80 bits per heavy atom. The molecule has 0 fully saturated rings. The number of nitrogen functional groups attached to an aromatic ring is 1. The molecular weight excluding hydrogens is 257 g/mol. The summed E-state index contributed by atoms with van der Waals surface area (Å²) in [5.74, 6) is -0.157. The molecule has 2 N–H and O–H groups in total. The predicted octanol–water partition coefficient (Wildman–Crippen LogP) is 3.26. The molecular formula is C16H16FNO2. The first-order valence-corrected chi connectivity index (χ1v) is 6.19. The largest absolute Gasteiger partial charge is 0.496 e. The standard InChI is InChI=1S/C16H16FNO2/c1-9-7-11(8-10(2)15(9)17)16(19)14-12(18)5-4-6-13(14)20-3/h4-8H,18H2,1-3H3. The minimum Gasteiger partial charge on any atom is -0.496 e. The Morgan fingerprint density at radius 1 is 1.20 bits per heavy atom. The second-order valence-corrected chi connectivity index (χ2v) is 4.68. The fraction of sp³-hybridized carbons (Fsp3) is 0.188. The number of carbonyl (C=O) groups is 1. The van der Waals surface area contributed by atoms with E-state index in [1.807, 2.05) is 0 Å². The normalized spacial score (nSPS) is 10.4. The van der Waals surface area contributed by atoms with Crippen LogP contribution >= 0.6 is 0 Å². The van der Waals surface area contributed by atoms with E-state index < -0.39 is 0 Å². The van der Waals surface area contributed by atoms with Gasteiger partial charge in [0.15, 0.2) is 5.78 Å². The van der Waals surface area contributed by atoms with Crippen molar-refractivity contribution < 1.29 is 13.9 Å². The average molecular weight is 273 g/mol. The molecule has 0 saturated carbocycles. The van der Waals surface area contributed by atoms with E-state index in [2.05, 4.69) is 0 Å². The molecule has 20 heavy (non-hydrogen) atoms. The van der Waals surface area contributed by atoms with E-state index in [-0.39, 0.29) is 11.6 Å². The van der Waals surface area contributed by atoms with Gasteiger partial charge in [0.2, 0.25) is 0 Å². The van der Waals surface area contributed by atoms with Crippen LogP contribution in [0.25, 0.3) is 0 Å². The number of hydrogen-bond donors (Lipinski definition) is 1. The van der Waals surface area contributed by atoms with Crippen LogP contribution in [0.4, 0.5) is 10.1 Å². The van der Waals surface area contributed by atoms with Gasteiger partial charge in [0.1, 0.15) is 11.6 Å². The zero-order valence-corrected chi connectivity index (χ0v) is 11.7. The fourth-order valence-corrected chi connectivity index (χ4v) is 2.18. The number of anilines is 1. The lowest BCUT2D eigenvalue weighted by Crippen LogP contribution is -2.09. The highest BCUT2D eigenvalue weighted by Crippen LogP contribution is 2.28. The van der Waals surface area contributed by atoms with E-state index >= 15 is 0 Å². The number of benzene rings is 2. The highest BCUT2D eigenvalue weighted by molar-refractivity contribution is 6.14. The first-order chi connectivity index (χ1) is 9.45. The third-order valence-electron chi connectivity index (χ3n) is 3.20. The third kappa shape index (κ3) is 2.37. The number of halogens is 1. The van der Waals surface area contributed by atoms with Crippen LogP contribution in [0.5, 0.6) is 5.75 Å². The van der Waals surface area contributed by atoms with Crippen LogP contribution in [0.1, 0.15) is 27.0 Å². The molecule has 0 aliphatic rings. The van der Waals surface area contributed by atoms with Gasteiger partial charge in [-0.25, -0.2) is 4.39 Å². The topological polar surface area (TPSA) is 52.3 Å². The summed E-state index contributed by atoms with van der Waals surface area (Å²) in [6, 6.07) is 8.07. The van der Waals surface area contributed by atoms with Crippen molar-refractivity contribution in [3.63, 3.8) is 0 Å². The van der Waals surface area contributed by atoms with E-state index in [1.165, 1.54) is 19.2 Å². The summed E-state index contributed by atoms with van der Waals surface area (Å²) >= 11 is 0. The SMILES string of the molecule is COc1cccc(N)c1C(=O)c1cc(C)c(F)c(C)c1. The molecule has 2 aromatic rings. The maximum Gasteiger partial charge on any atom is 0.198 e. The van der Waals surface area contributed by atoms with Gasteiger partial charge in [-0.05, 0) is 49.2 Å². The summed E-state index contributed by atoms with van der Waals surface area (Å²) in [5, 5.41) is 0. The van der Waals surface area contributed by atoms with Crippen molar-refractivity contribution in [1.82, 2.24) is 0 Å². The molecule has 0 radical (unpaired) electrons. The summed E-state index contributed by atoms with van der Waals surface area (Å²) in [6.45, 7) is 3.26. The minimum atomic E-state index is -0.297. The summed E-state index contributed by atoms with van der Waals surface area (Å²) in [4.78, 5) is 12.6. The summed E-state index contributed by atoms with van der Waals surface area (Å²) in [7, 11) is 1.48. The van der Waals surface area contributed by atoms with E-state index in [1.54, 1.807) is 32.0 Å². The lowest BCUT2D eigenvalue weighted by Gasteiger charge is -2.11. The second-order valence-electron chi connectivity index (χ2n) is 4.68. The van der Waals surface area contributed by atoms with Crippen LogP contribution in [0.2, 0.25) is 0 Å². The molecule has 2 aromatic carbocycles. The van der Waals surface area contributed by atoms with Crippen LogP contribution in [-0.2, 0) is 0 Å². The molecule has 0 heterocycles. The summed E-state index contributed by atoms with van der Waals surface area (Å²) < 4.78 is 18.8. The number of nitrogens with two attached hydrogens (primary N) is 1. The third-order valence-corrected chi connectivity index (χ3v) is 3.20. The number of methoxy groups -OCH3 is 1. The lowest BCUT2D eigenvalue weighted by atomic mass is 9.97. The van der Waals surface area contributed by atoms with Gasteiger partial charge in [0.05, 0.1) is 12.7 Å². The zero-order valence-electron chi connectivity index (χ0n) is 11.7. The van der Waals surface area contributed by atoms with E-state index in [9.17, 15) is 9.18 Å². The van der Waals surface area contributed by atoms with Crippen LogP contribution in [0.3, 0.4) is 0 Å². The van der Waals surface area contributed by atoms with Gasteiger partial charge in [-0.15, -0.1) is 0 Å². The molecule has 0 spiro atoms. The Morgan fingerprint density at radius 3 is 2.35 bits per heavy atom. The maximum absolute atomic E-state index is 13.6. The Hall–Kier alpha value is -2.36. The molecule has 3 nitrogen and oxygen atoms in total. The average Bonchev–Trinajstić information content (AvgIpc) is 2.43. The van der Waals surface area contributed by atoms with Crippen molar-refractivity contribution in [3.8, 4) is 5.75 Å². The first-order valence-electron chi connectivity index (χ1n) is 6.19.